The molecule has 32 heavy (non-hydrogen) atoms. The summed E-state index contributed by atoms with van der Waals surface area (Å²) in [5.74, 6) is 0.382. The number of rotatable bonds is 9. The Kier molecular flexibility index (Phi) is 7.59. The van der Waals surface area contributed by atoms with Crippen molar-refractivity contribution in [1.29, 1.82) is 0 Å². The van der Waals surface area contributed by atoms with E-state index in [0.29, 0.717) is 31.2 Å². The van der Waals surface area contributed by atoms with E-state index in [-0.39, 0.29) is 31.2 Å². The van der Waals surface area contributed by atoms with Crippen molar-refractivity contribution < 1.29 is 16.8 Å². The first-order chi connectivity index (χ1) is 15.1. The average Bonchev–Trinajstić information content (AvgIpc) is 3.30. The first kappa shape index (κ1) is 24.6. The summed E-state index contributed by atoms with van der Waals surface area (Å²) in [5.41, 5.74) is 17.4. The summed E-state index contributed by atoms with van der Waals surface area (Å²) in [4.78, 5) is 5.01. The molecule has 13 nitrogen and oxygen atoms in total. The van der Waals surface area contributed by atoms with Crippen molar-refractivity contribution in [3.05, 3.63) is 17.7 Å². The molecule has 0 aliphatic carbocycles. The molecule has 0 radical (unpaired) electrons. The zero-order chi connectivity index (χ0) is 23.5. The van der Waals surface area contributed by atoms with E-state index < -0.39 is 35.9 Å². The average molecular weight is 488 g/mol. The van der Waals surface area contributed by atoms with Crippen LogP contribution in [-0.2, 0) is 20.0 Å². The van der Waals surface area contributed by atoms with Crippen LogP contribution in [0, 0.1) is 5.92 Å². The zero-order valence-electron chi connectivity index (χ0n) is 17.5. The van der Waals surface area contributed by atoms with E-state index in [0.717, 1.165) is 12.8 Å². The largest absolute Gasteiger partial charge is 0.371 e. The van der Waals surface area contributed by atoms with E-state index in [4.69, 9.17) is 22.3 Å². The van der Waals surface area contributed by atoms with E-state index in [2.05, 4.69) is 19.9 Å². The summed E-state index contributed by atoms with van der Waals surface area (Å²) in [5, 5.41) is 13.2. The molecular formula is C17H29N9O4S2. The first-order valence-electron chi connectivity index (χ1n) is 10.1. The highest BCUT2D eigenvalue weighted by Crippen LogP contribution is 2.35. The van der Waals surface area contributed by atoms with Gasteiger partial charge in [-0.25, -0.2) is 31.7 Å². The van der Waals surface area contributed by atoms with Crippen LogP contribution >= 0.6 is 0 Å². The molecule has 178 valence electrons. The maximum Gasteiger partial charge on any atom is 0.242 e. The third-order valence-corrected chi connectivity index (χ3v) is 8.06. The molecule has 1 aromatic carbocycles. The maximum atomic E-state index is 13.0. The Morgan fingerprint density at radius 3 is 2.38 bits per heavy atom. The molecule has 0 spiro atoms. The fraction of sp³-hybridized carbons (Fsp3) is 0.588. The maximum absolute atomic E-state index is 13.0. The number of hydrogen-bond donors (Lipinski definition) is 5. The van der Waals surface area contributed by atoms with Gasteiger partial charge in [-0.2, -0.15) is 5.11 Å². The molecule has 2 aliphatic heterocycles. The number of hydrogen-bond acceptors (Lipinski definition) is 11. The summed E-state index contributed by atoms with van der Waals surface area (Å²) in [6.07, 6.45) is 1.63. The van der Waals surface area contributed by atoms with Gasteiger partial charge in [-0.1, -0.05) is 0 Å². The highest BCUT2D eigenvalue weighted by Gasteiger charge is 2.34. The molecule has 0 aromatic heterocycles. The number of amidine groups is 1. The Morgan fingerprint density at radius 1 is 1.16 bits per heavy atom. The third kappa shape index (κ3) is 5.31. The van der Waals surface area contributed by atoms with Gasteiger partial charge in [0.1, 0.15) is 9.79 Å². The molecule has 3 rings (SSSR count). The van der Waals surface area contributed by atoms with Gasteiger partial charge in [0.05, 0.1) is 5.56 Å². The first-order valence-corrected chi connectivity index (χ1v) is 13.1. The Labute approximate surface area is 187 Å². The molecule has 1 atom stereocenters. The second-order valence-electron chi connectivity index (χ2n) is 7.71. The van der Waals surface area contributed by atoms with E-state index in [1.807, 2.05) is 4.90 Å². The van der Waals surface area contributed by atoms with Crippen molar-refractivity contribution in [3.8, 4) is 0 Å². The molecule has 0 unspecified atom stereocenters. The lowest BCUT2D eigenvalue weighted by molar-refractivity contribution is 0.414. The fourth-order valence-electron chi connectivity index (χ4n) is 3.67. The lowest BCUT2D eigenvalue weighted by Crippen LogP contribution is -2.42. The molecule has 2 aliphatic rings. The van der Waals surface area contributed by atoms with Crippen molar-refractivity contribution in [2.75, 3.05) is 44.3 Å². The molecule has 0 saturated carbocycles. The van der Waals surface area contributed by atoms with Gasteiger partial charge in [-0.05, 0) is 37.4 Å². The number of nitrogens with zero attached hydrogens (tertiary/aromatic N) is 4. The predicted octanol–water partition coefficient (Wildman–Crippen LogP) is -1.76. The SMILES string of the molecule is NCC1CCN(c2ccc(S(=O)(=O)NC[C@@H](N)CN)c(S(N)(=O)=O)c2C2=NCN=N2)CC1. The molecule has 1 aromatic rings. The minimum Gasteiger partial charge on any atom is -0.371 e. The van der Waals surface area contributed by atoms with Crippen molar-refractivity contribution in [1.82, 2.24) is 4.72 Å². The van der Waals surface area contributed by atoms with E-state index in [1.54, 1.807) is 6.07 Å². The topological polar surface area (TPSA) is 225 Å². The van der Waals surface area contributed by atoms with Crippen molar-refractivity contribution in [3.63, 3.8) is 0 Å². The number of aliphatic imine (C=N–C) groups is 1. The highest BCUT2D eigenvalue weighted by atomic mass is 32.2. The molecule has 1 fully saturated rings. The summed E-state index contributed by atoms with van der Waals surface area (Å²) in [6.45, 7) is 1.67. The normalized spacial score (nSPS) is 18.8. The Hall–Kier alpha value is -2.01. The van der Waals surface area contributed by atoms with Gasteiger partial charge >= 0.3 is 0 Å². The van der Waals surface area contributed by atoms with Crippen LogP contribution < -0.4 is 32.0 Å². The van der Waals surface area contributed by atoms with Gasteiger partial charge in [0.15, 0.2) is 12.5 Å². The number of nitrogens with one attached hydrogen (secondary N) is 1. The Bertz CT molecular complexity index is 1110. The number of piperidine rings is 1. The number of benzene rings is 1. The number of anilines is 1. The smallest absolute Gasteiger partial charge is 0.242 e. The minimum atomic E-state index is -4.51. The number of primary sulfonamides is 1. The van der Waals surface area contributed by atoms with Crippen LogP contribution in [0.15, 0.2) is 37.1 Å². The lowest BCUT2D eigenvalue weighted by Gasteiger charge is -2.34. The standard InChI is InChI=1S/C17H29N9O4S2/c18-7-11-3-5-26(6-4-11)13-1-2-14(32(29,30)24-9-12(20)8-19)16(31(21,27)28)15(13)17-22-10-23-25-17/h1-2,11-12,24H,3-10,18-20H2,(H2,21,27,28)/t12-/m0/s1. The van der Waals surface area contributed by atoms with Gasteiger partial charge in [-0.15, -0.1) is 5.11 Å². The lowest BCUT2D eigenvalue weighted by atomic mass is 9.96. The molecular weight excluding hydrogens is 458 g/mol. The van der Waals surface area contributed by atoms with E-state index >= 15 is 0 Å². The van der Waals surface area contributed by atoms with Gasteiger partial charge < -0.3 is 22.1 Å². The fourth-order valence-corrected chi connectivity index (χ4v) is 6.36. The quantitative estimate of drug-likeness (QED) is 0.267. The number of azo groups is 1. The van der Waals surface area contributed by atoms with E-state index in [1.165, 1.54) is 6.07 Å². The van der Waals surface area contributed by atoms with Gasteiger partial charge in [0.2, 0.25) is 20.0 Å². The Balaban J connectivity index is 2.17. The molecule has 2 heterocycles. The van der Waals surface area contributed by atoms with Crippen LogP contribution in [0.5, 0.6) is 0 Å². The van der Waals surface area contributed by atoms with Gasteiger partial charge in [0.25, 0.3) is 0 Å². The van der Waals surface area contributed by atoms with Crippen molar-refractivity contribution in [2.45, 2.75) is 28.7 Å². The summed E-state index contributed by atoms with van der Waals surface area (Å²) < 4.78 is 53.7. The zero-order valence-corrected chi connectivity index (χ0v) is 19.1. The van der Waals surface area contributed by atoms with Crippen LogP contribution in [0.3, 0.4) is 0 Å². The van der Waals surface area contributed by atoms with Gasteiger partial charge in [-0.3, -0.25) is 0 Å². The monoisotopic (exact) mass is 487 g/mol. The third-order valence-electron chi connectivity index (χ3n) is 5.47. The summed E-state index contributed by atoms with van der Waals surface area (Å²) in [6, 6.07) is 2.12. The van der Waals surface area contributed by atoms with Crippen molar-refractivity contribution >= 4 is 31.6 Å². The van der Waals surface area contributed by atoms with Crippen LogP contribution in [0.25, 0.3) is 0 Å². The summed E-state index contributed by atoms with van der Waals surface area (Å²) >= 11 is 0. The van der Waals surface area contributed by atoms with Crippen LogP contribution in [-0.4, -0.2) is 68.1 Å². The van der Waals surface area contributed by atoms with Crippen LogP contribution in [0.1, 0.15) is 18.4 Å². The molecule has 1 saturated heterocycles. The van der Waals surface area contributed by atoms with Crippen LogP contribution in [0.2, 0.25) is 0 Å². The minimum absolute atomic E-state index is 0.00859. The van der Waals surface area contributed by atoms with E-state index in [9.17, 15) is 16.8 Å². The number of nitrogens with two attached hydrogens (primary N) is 4. The number of sulfonamides is 2. The second kappa shape index (κ2) is 9.86. The predicted molar refractivity (Wildman–Crippen MR) is 120 cm³/mol. The highest BCUT2D eigenvalue weighted by molar-refractivity contribution is 7.92. The molecule has 15 heteroatoms. The molecule has 9 N–H and O–H groups in total. The second-order valence-corrected chi connectivity index (χ2v) is 10.9. The molecule has 0 bridgehead atoms. The summed E-state index contributed by atoms with van der Waals surface area (Å²) in [7, 11) is -8.81. The van der Waals surface area contributed by atoms with Crippen LogP contribution in [0.4, 0.5) is 5.69 Å². The van der Waals surface area contributed by atoms with Gasteiger partial charge in [0, 0.05) is 37.9 Å². The Morgan fingerprint density at radius 2 is 1.84 bits per heavy atom. The molecule has 0 amide bonds. The van der Waals surface area contributed by atoms with Crippen molar-refractivity contribution in [2.24, 2.45) is 43.5 Å².